The van der Waals surface area contributed by atoms with Crippen molar-refractivity contribution >= 4 is 32.3 Å². The summed E-state index contributed by atoms with van der Waals surface area (Å²) in [4.78, 5) is 23.2. The summed E-state index contributed by atoms with van der Waals surface area (Å²) in [6.07, 6.45) is -4.64. The average molecular weight is 644 g/mol. The van der Waals surface area contributed by atoms with E-state index in [1.807, 2.05) is 22.6 Å². The van der Waals surface area contributed by atoms with Crippen LogP contribution >= 0.6 is 0 Å². The Balaban J connectivity index is 0.000000437. The van der Waals surface area contributed by atoms with Crippen LogP contribution < -0.4 is 22.6 Å². The van der Waals surface area contributed by atoms with E-state index in [-0.39, 0.29) is 14.6 Å². The number of ether oxygens (including phenoxy) is 1. The first-order chi connectivity index (χ1) is 15.2. The number of imide groups is 1. The van der Waals surface area contributed by atoms with Gasteiger partial charge in [-0.05, 0) is 23.1 Å². The molecular formula is C18H24F3IN2O8S2. The molecule has 1 aliphatic rings. The number of carbonyl (C=O) groups excluding carboxylic acids is 2. The van der Waals surface area contributed by atoms with E-state index in [4.69, 9.17) is 0 Å². The first-order valence-corrected chi connectivity index (χ1v) is 13.8. The van der Waals surface area contributed by atoms with Crippen LogP contribution in [0.15, 0.2) is 24.3 Å². The Hall–Kier alpha value is -1.66. The van der Waals surface area contributed by atoms with Crippen molar-refractivity contribution in [3.8, 4) is 0 Å². The zero-order valence-electron chi connectivity index (χ0n) is 18.5. The van der Waals surface area contributed by atoms with Gasteiger partial charge in [0.25, 0.3) is 22.6 Å². The van der Waals surface area contributed by atoms with Crippen LogP contribution in [0.1, 0.15) is 26.3 Å². The van der Waals surface area contributed by atoms with Gasteiger partial charge in [0.2, 0.25) is 16.2 Å². The summed E-state index contributed by atoms with van der Waals surface area (Å²) in [5, 5.41) is -5.33. The van der Waals surface area contributed by atoms with Crippen molar-refractivity contribution in [2.75, 3.05) is 26.0 Å². The smallest absolute Gasteiger partial charge is 0.418 e. The molecule has 34 heavy (non-hydrogen) atoms. The van der Waals surface area contributed by atoms with Crippen molar-refractivity contribution < 1.29 is 71.5 Å². The van der Waals surface area contributed by atoms with Crippen molar-refractivity contribution in [1.82, 2.24) is 9.21 Å². The van der Waals surface area contributed by atoms with Crippen LogP contribution in [0.2, 0.25) is 0 Å². The number of benzene rings is 1. The highest BCUT2D eigenvalue weighted by Crippen LogP contribution is 2.28. The summed E-state index contributed by atoms with van der Waals surface area (Å²) in [6, 6.07) is 7.42. The molecular weight excluding hydrogens is 620 g/mol. The topological polar surface area (TPSA) is 141 Å². The summed E-state index contributed by atoms with van der Waals surface area (Å²) in [6.45, 7) is 3.99. The number of sulfonamides is 1. The standard InChI is InChI=1S/C10H14I.C8H11F3N2O8S2/c1-10(2,3)8-4-6-9(11)7-5-8;1-22(16,17)13-3-2-12(6(13)14)7(15)21-4-5(9)8(10,11)23(18,19)20/h4-7,11H,1-3H3;5H,2-4H2,1H3,(H,18,19,20)/q+1;/p-1. The molecule has 0 spiro atoms. The predicted octanol–water partition coefficient (Wildman–Crippen LogP) is -1.26. The number of rotatable bonds is 5. The molecule has 1 fully saturated rings. The molecule has 10 nitrogen and oxygen atoms in total. The van der Waals surface area contributed by atoms with Crippen LogP contribution in [0.5, 0.6) is 0 Å². The fourth-order valence-corrected chi connectivity index (χ4v) is 3.99. The summed E-state index contributed by atoms with van der Waals surface area (Å²) in [5.41, 5.74) is 1.69. The Morgan fingerprint density at radius 3 is 2.03 bits per heavy atom. The first kappa shape index (κ1) is 30.4. The van der Waals surface area contributed by atoms with E-state index in [9.17, 15) is 44.1 Å². The van der Waals surface area contributed by atoms with Crippen molar-refractivity contribution in [3.63, 3.8) is 0 Å². The van der Waals surface area contributed by atoms with Crippen molar-refractivity contribution in [2.45, 2.75) is 37.6 Å². The second kappa shape index (κ2) is 10.9. The minimum atomic E-state index is -6.33. The second-order valence-electron chi connectivity index (χ2n) is 8.10. The number of urea groups is 1. The Bertz CT molecular complexity index is 1110. The van der Waals surface area contributed by atoms with Crippen molar-refractivity contribution in [1.29, 1.82) is 0 Å². The largest absolute Gasteiger partial charge is 0.743 e. The number of hydrogen-bond acceptors (Lipinski definition) is 8. The molecule has 2 rings (SSSR count). The van der Waals surface area contributed by atoms with Gasteiger partial charge in [0, 0.05) is 0 Å². The molecule has 0 aliphatic carbocycles. The highest BCUT2D eigenvalue weighted by atomic mass is 127. The lowest BCUT2D eigenvalue weighted by Crippen LogP contribution is -3.34. The van der Waals surface area contributed by atoms with E-state index in [0.717, 1.165) is 0 Å². The van der Waals surface area contributed by atoms with E-state index in [0.29, 0.717) is 6.26 Å². The summed E-state index contributed by atoms with van der Waals surface area (Å²) < 4.78 is 97.2. The number of hydrogen-bond donors (Lipinski definition) is 0. The van der Waals surface area contributed by atoms with Crippen molar-refractivity contribution in [2.24, 2.45) is 0 Å². The van der Waals surface area contributed by atoms with Gasteiger partial charge >= 0.3 is 17.4 Å². The van der Waals surface area contributed by atoms with Gasteiger partial charge in [-0.15, -0.1) is 0 Å². The average Bonchev–Trinajstić information content (AvgIpc) is 3.07. The molecule has 0 bridgehead atoms. The van der Waals surface area contributed by atoms with Gasteiger partial charge in [-0.2, -0.15) is 8.78 Å². The zero-order valence-corrected chi connectivity index (χ0v) is 22.5. The number of alkyl halides is 3. The van der Waals surface area contributed by atoms with Gasteiger partial charge in [-0.3, -0.25) is 0 Å². The third-order valence-corrected chi connectivity index (χ3v) is 7.20. The molecule has 16 heteroatoms. The molecule has 1 unspecified atom stereocenters. The van der Waals surface area contributed by atoms with E-state index in [1.165, 1.54) is 9.13 Å². The van der Waals surface area contributed by atoms with E-state index >= 15 is 0 Å². The van der Waals surface area contributed by atoms with E-state index in [2.05, 4.69) is 49.8 Å². The number of halogens is 4. The maximum atomic E-state index is 13.1. The molecule has 194 valence electrons. The fourth-order valence-electron chi connectivity index (χ4n) is 2.42. The first-order valence-electron chi connectivity index (χ1n) is 9.40. The maximum absolute atomic E-state index is 13.1. The lowest BCUT2D eigenvalue weighted by Gasteiger charge is -2.23. The van der Waals surface area contributed by atoms with Crippen LogP contribution in [-0.2, 0) is 30.3 Å². The monoisotopic (exact) mass is 644 g/mol. The second-order valence-corrected chi connectivity index (χ2v) is 12.8. The van der Waals surface area contributed by atoms with Gasteiger partial charge in [-0.1, -0.05) is 32.9 Å². The Kier molecular flexibility index (Phi) is 9.78. The van der Waals surface area contributed by atoms with Crippen molar-refractivity contribution in [3.05, 3.63) is 33.4 Å². The summed E-state index contributed by atoms with van der Waals surface area (Å²) in [5.74, 6) is 0. The van der Waals surface area contributed by atoms with Gasteiger partial charge in [0.15, 0.2) is 13.7 Å². The van der Waals surface area contributed by atoms with Gasteiger partial charge in [0.1, 0.15) is 6.61 Å². The third kappa shape index (κ3) is 7.94. The number of carbonyl (C=O) groups is 2. The quantitative estimate of drug-likeness (QED) is 0.286. The molecule has 0 aromatic heterocycles. The highest BCUT2D eigenvalue weighted by molar-refractivity contribution is 7.88. The molecule has 0 radical (unpaired) electrons. The Morgan fingerprint density at radius 1 is 1.15 bits per heavy atom. The molecule has 1 aromatic rings. The minimum absolute atomic E-state index is 0.192. The Labute approximate surface area is 209 Å². The van der Waals surface area contributed by atoms with Crippen LogP contribution in [-0.4, -0.2) is 80.1 Å². The normalized spacial score (nSPS) is 16.1. The lowest BCUT2D eigenvalue weighted by molar-refractivity contribution is -0.328. The van der Waals surface area contributed by atoms with Crippen LogP contribution in [0, 0.1) is 3.57 Å². The SMILES string of the molecule is CC(C)(C)c1ccc([IH+])cc1.CS(=O)(=O)N1CCN(C(=O)OCC(F)C(F)(F)S(=O)(=O)[O-])C1=O. The van der Waals surface area contributed by atoms with Crippen LogP contribution in [0.4, 0.5) is 22.8 Å². The maximum Gasteiger partial charge on any atom is 0.418 e. The molecule has 1 aliphatic heterocycles. The molecule has 3 amide bonds. The zero-order chi connectivity index (χ0) is 26.7. The lowest BCUT2D eigenvalue weighted by atomic mass is 9.87. The van der Waals surface area contributed by atoms with Crippen LogP contribution in [0.3, 0.4) is 0 Å². The van der Waals surface area contributed by atoms with Gasteiger partial charge in [-0.25, -0.2) is 40.0 Å². The summed E-state index contributed by atoms with van der Waals surface area (Å²) in [7, 11) is -10.3. The fraction of sp³-hybridized carbons (Fsp3) is 0.556. The predicted molar refractivity (Wildman–Crippen MR) is 110 cm³/mol. The van der Waals surface area contributed by atoms with Crippen LogP contribution in [0.25, 0.3) is 0 Å². The minimum Gasteiger partial charge on any atom is -0.743 e. The van der Waals surface area contributed by atoms with E-state index < -0.39 is 63.4 Å². The summed E-state index contributed by atoms with van der Waals surface area (Å²) >= 11 is 2.05. The molecule has 1 saturated heterocycles. The third-order valence-electron chi connectivity index (χ3n) is 4.36. The Morgan fingerprint density at radius 2 is 1.65 bits per heavy atom. The number of amides is 3. The molecule has 0 N–H and O–H groups in total. The molecule has 1 atom stereocenters. The van der Waals surface area contributed by atoms with E-state index in [1.54, 1.807) is 0 Å². The number of nitrogens with zero attached hydrogens (tertiary/aromatic N) is 2. The highest BCUT2D eigenvalue weighted by Gasteiger charge is 2.48. The molecule has 1 heterocycles. The molecule has 1 aromatic carbocycles. The van der Waals surface area contributed by atoms with Gasteiger partial charge in [0.05, 0.1) is 19.3 Å². The molecule has 0 saturated carbocycles. The van der Waals surface area contributed by atoms with Gasteiger partial charge < -0.3 is 9.29 Å².